The van der Waals surface area contributed by atoms with E-state index >= 15 is 0 Å². The highest BCUT2D eigenvalue weighted by molar-refractivity contribution is 7.13. The molecule has 1 aliphatic rings. The molecule has 0 fully saturated rings. The monoisotopic (exact) mass is 116 g/mol. The van der Waals surface area contributed by atoms with Crippen LogP contribution in [0.2, 0.25) is 0 Å². The van der Waals surface area contributed by atoms with Crippen molar-refractivity contribution in [3.05, 3.63) is 23.6 Å². The molecule has 0 atom stereocenters. The van der Waals surface area contributed by atoms with Gasteiger partial charge in [0.1, 0.15) is 0 Å². The van der Waals surface area contributed by atoms with Gasteiger partial charge in [-0.2, -0.15) is 11.1 Å². The van der Waals surface area contributed by atoms with Crippen molar-refractivity contribution in [2.75, 3.05) is 0 Å². The normalized spacial score (nSPS) is 20.2. The largest absolute Gasteiger partial charge is 0.187 e. The molecule has 0 amide bonds. The predicted molar refractivity (Wildman–Crippen MR) is 31.3 cm³/mol. The summed E-state index contributed by atoms with van der Waals surface area (Å²) in [5, 5.41) is 0. The Morgan fingerprint density at radius 2 is 1.67 bits per heavy atom. The lowest BCUT2D eigenvalue weighted by molar-refractivity contribution is 2.15. The molecule has 0 N–H and O–H groups in total. The first-order valence-corrected chi connectivity index (χ1v) is 4.96. The maximum atomic E-state index is 5.68. The van der Waals surface area contributed by atoms with E-state index < -0.39 is 8.11 Å². The molecule has 0 saturated carbocycles. The molecule has 1 aliphatic heterocycles. The average molecular weight is 117 g/mol. The fourth-order valence-electron chi connectivity index (χ4n) is 0.405. The summed E-state index contributed by atoms with van der Waals surface area (Å²) in [6.07, 6.45) is 4.01. The van der Waals surface area contributed by atoms with E-state index in [1.165, 1.54) is 0 Å². The Hall–Kier alpha value is -0.0131. The molecule has 6 heavy (non-hydrogen) atoms. The minimum atomic E-state index is -0.938. The van der Waals surface area contributed by atoms with Gasteiger partial charge in [-0.15, -0.1) is 0 Å². The van der Waals surface area contributed by atoms with Gasteiger partial charge in [0.2, 0.25) is 0 Å². The predicted octanol–water partition coefficient (Wildman–Crippen LogP) is 1.15. The molecule has 0 unspecified atom stereocenters. The van der Waals surface area contributed by atoms with Crippen LogP contribution in [0.4, 0.5) is 0 Å². The van der Waals surface area contributed by atoms with Crippen molar-refractivity contribution in [2.24, 2.45) is 0 Å². The van der Waals surface area contributed by atoms with Crippen molar-refractivity contribution in [1.82, 2.24) is 0 Å². The highest BCUT2D eigenvalue weighted by atomic mass is 35.6. The van der Waals surface area contributed by atoms with Crippen LogP contribution < -0.4 is 0 Å². The van der Waals surface area contributed by atoms with Gasteiger partial charge in [-0.05, 0) is 0 Å². The molecule has 0 bridgehead atoms. The van der Waals surface area contributed by atoms with E-state index in [0.717, 1.165) is 0 Å². The van der Waals surface area contributed by atoms with E-state index in [1.54, 1.807) is 0 Å². The van der Waals surface area contributed by atoms with Gasteiger partial charge in [0.15, 0.2) is 8.11 Å². The second kappa shape index (κ2) is 1.62. The molecule has 0 aromatic heterocycles. The molecule has 0 aliphatic carbocycles. The summed E-state index contributed by atoms with van der Waals surface area (Å²) < 4.78 is 0. The third kappa shape index (κ3) is 0.729. The summed E-state index contributed by atoms with van der Waals surface area (Å²) in [7, 11) is -0.938. The fourth-order valence-corrected chi connectivity index (χ4v) is 1.72. The van der Waals surface area contributed by atoms with Crippen LogP contribution in [-0.2, 0) is 0 Å². The van der Waals surface area contributed by atoms with Gasteiger partial charge in [0.25, 0.3) is 0 Å². The topological polar surface area (TPSA) is 0 Å². The molecule has 1 rings (SSSR count). The van der Waals surface area contributed by atoms with Crippen LogP contribution >= 0.6 is 11.1 Å². The van der Waals surface area contributed by atoms with Crippen LogP contribution in [0.5, 0.6) is 0 Å². The van der Waals surface area contributed by atoms with Crippen molar-refractivity contribution in [2.45, 2.75) is 0 Å². The molecule has 0 aromatic carbocycles. The van der Waals surface area contributed by atoms with Crippen molar-refractivity contribution in [3.8, 4) is 0 Å². The number of rotatable bonds is 0. The molecule has 0 aromatic rings. The van der Waals surface area contributed by atoms with Crippen LogP contribution in [0.25, 0.3) is 0 Å². The molecule has 0 saturated heterocycles. The van der Waals surface area contributed by atoms with Crippen molar-refractivity contribution in [3.63, 3.8) is 0 Å². The van der Waals surface area contributed by atoms with E-state index in [1.807, 2.05) is 12.2 Å². The lowest BCUT2D eigenvalue weighted by atomic mass is 10.6. The van der Waals surface area contributed by atoms with E-state index in [4.69, 9.17) is 11.1 Å². The second-order valence-electron chi connectivity index (χ2n) is 1.21. The molecule has 0 radical (unpaired) electrons. The number of hydrogen-bond acceptors (Lipinski definition) is 0. The first-order valence-electron chi connectivity index (χ1n) is 1.88. The van der Waals surface area contributed by atoms with E-state index in [-0.39, 0.29) is 0 Å². The lowest BCUT2D eigenvalue weighted by Crippen LogP contribution is -1.86. The average Bonchev–Trinajstić information content (AvgIpc) is 1.86. The zero-order chi connectivity index (χ0) is 4.41. The van der Waals surface area contributed by atoms with Gasteiger partial charge in [0.05, 0.1) is 0 Å². The summed E-state index contributed by atoms with van der Waals surface area (Å²) >= 11 is 5.68. The van der Waals surface area contributed by atoms with Crippen LogP contribution in [0, 0.1) is 0 Å². The molecule has 32 valence electrons. The minimum Gasteiger partial charge on any atom is -0.161 e. The minimum absolute atomic E-state index is 0.938. The van der Waals surface area contributed by atoms with Gasteiger partial charge >= 0.3 is 0 Å². The number of allylic oxidation sites excluding steroid dienone is 2. The first-order chi connectivity index (χ1) is 2.89. The van der Waals surface area contributed by atoms with Gasteiger partial charge in [-0.25, -0.2) is 0 Å². The highest BCUT2D eigenvalue weighted by Gasteiger charge is 1.96. The Bertz CT molecular complexity index is 83.7. The van der Waals surface area contributed by atoms with Crippen LogP contribution in [0.1, 0.15) is 0 Å². The van der Waals surface area contributed by atoms with Gasteiger partial charge in [0, 0.05) is 0 Å². The van der Waals surface area contributed by atoms with E-state index in [9.17, 15) is 0 Å². The third-order valence-electron chi connectivity index (χ3n) is 0.701. The quantitative estimate of drug-likeness (QED) is 0.329. The molecule has 0 spiro atoms. The van der Waals surface area contributed by atoms with Crippen LogP contribution in [0.15, 0.2) is 23.6 Å². The van der Waals surface area contributed by atoms with Crippen molar-refractivity contribution in [1.29, 1.82) is 0 Å². The van der Waals surface area contributed by atoms with Crippen molar-refractivity contribution < 1.29 is 0 Å². The number of hydrogen-bond donors (Lipinski definition) is 0. The van der Waals surface area contributed by atoms with Gasteiger partial charge in [-0.1, -0.05) is 23.6 Å². The van der Waals surface area contributed by atoms with Gasteiger partial charge in [-0.3, -0.25) is 0 Å². The molecule has 1 heterocycles. The van der Waals surface area contributed by atoms with Crippen LogP contribution in [-0.4, -0.2) is 8.11 Å². The summed E-state index contributed by atoms with van der Waals surface area (Å²) in [5.74, 6) is 0. The maximum Gasteiger partial charge on any atom is 0.187 e. The molecule has 2 heteroatoms. The Kier molecular flexibility index (Phi) is 1.12. The Balaban J connectivity index is 2.60. The smallest absolute Gasteiger partial charge is 0.161 e. The summed E-state index contributed by atoms with van der Waals surface area (Å²) in [4.78, 5) is 0. The van der Waals surface area contributed by atoms with Gasteiger partial charge < -0.3 is 0 Å². The number of halogens is 1. The third-order valence-corrected chi connectivity index (χ3v) is 2.75. The van der Waals surface area contributed by atoms with E-state index in [0.29, 0.717) is 0 Å². The SMILES string of the molecule is Cl[SiH]1C=CC=C1. The van der Waals surface area contributed by atoms with Crippen molar-refractivity contribution >= 4 is 19.2 Å². The second-order valence-corrected chi connectivity index (χ2v) is 4.38. The molecular formula is C4H5ClSi. The maximum absolute atomic E-state index is 5.68. The lowest BCUT2D eigenvalue weighted by Gasteiger charge is -1.77. The first kappa shape index (κ1) is 4.15. The molecular weight excluding hydrogens is 112 g/mol. The van der Waals surface area contributed by atoms with Crippen LogP contribution in [0.3, 0.4) is 0 Å². The molecule has 0 nitrogen and oxygen atoms in total. The summed E-state index contributed by atoms with van der Waals surface area (Å²) in [5.41, 5.74) is 4.14. The standard InChI is InChI=1S/C4H5ClSi/c5-6-3-1-2-4-6/h1-4,6H. The summed E-state index contributed by atoms with van der Waals surface area (Å²) in [6.45, 7) is 0. The summed E-state index contributed by atoms with van der Waals surface area (Å²) in [6, 6.07) is 0. The zero-order valence-corrected chi connectivity index (χ0v) is 5.18. The van der Waals surface area contributed by atoms with E-state index in [2.05, 4.69) is 11.4 Å². The zero-order valence-electron chi connectivity index (χ0n) is 3.26. The highest BCUT2D eigenvalue weighted by Crippen LogP contribution is 2.00. The Labute approximate surface area is 43.4 Å². The Morgan fingerprint density at radius 1 is 1.17 bits per heavy atom. The Morgan fingerprint density at radius 3 is 1.83 bits per heavy atom. The fraction of sp³-hybridized carbons (Fsp3) is 0.